The predicted octanol–water partition coefficient (Wildman–Crippen LogP) is 23.2. The van der Waals surface area contributed by atoms with E-state index < -0.39 is 0 Å². The van der Waals surface area contributed by atoms with E-state index in [0.29, 0.717) is 0 Å². The number of benzene rings is 13. The van der Waals surface area contributed by atoms with Crippen LogP contribution in [0.1, 0.15) is 40.3 Å². The van der Waals surface area contributed by atoms with Gasteiger partial charge in [0.05, 0.1) is 44.1 Å². The molecule has 0 spiro atoms. The summed E-state index contributed by atoms with van der Waals surface area (Å²) in [5.41, 5.74) is 34.1. The highest BCUT2D eigenvalue weighted by Gasteiger charge is 2.26. The van der Waals surface area contributed by atoms with E-state index in [1.165, 1.54) is 198 Å². The maximum absolute atomic E-state index is 2.55. The molecule has 0 aliphatic carbocycles. The van der Waals surface area contributed by atoms with Crippen LogP contribution < -0.4 is 0 Å². The van der Waals surface area contributed by atoms with Crippen molar-refractivity contribution in [1.82, 2.24) is 13.4 Å². The highest BCUT2D eigenvalue weighted by Crippen LogP contribution is 2.49. The third kappa shape index (κ3) is 7.13. The van der Waals surface area contributed by atoms with E-state index >= 15 is 0 Å². The van der Waals surface area contributed by atoms with E-state index in [-0.39, 0.29) is 0 Å². The number of para-hydroxylation sites is 3. The Bertz CT molecular complexity index is 5960. The molecule has 0 fully saturated rings. The Hall–Kier alpha value is -10.7. The SMILES string of the molecule is CCc1cc(-c2ccc3c4cc(-c5cc6c7ccccc7n7c8cc9c%10cc(C)c(-c%11cccc(-c%12ccccc%12C)c%11C)cc%10n(-c%10ccccc%10)c9cc8c(c5)c67)cc5c6ccccc6n(c3c2)c54)ccc1-c1cccc(-c2ccccc2C)c1C. The molecule has 0 N–H and O–H groups in total. The first-order valence-electron chi connectivity index (χ1n) is 31.1. The van der Waals surface area contributed by atoms with Gasteiger partial charge in [0.25, 0.3) is 0 Å². The summed E-state index contributed by atoms with van der Waals surface area (Å²) in [4.78, 5) is 0. The Morgan fingerprint density at radius 1 is 0.250 bits per heavy atom. The average molecular weight is 1120 g/mol. The first-order chi connectivity index (χ1) is 43.2. The second-order valence-electron chi connectivity index (χ2n) is 24.8. The molecular formula is C85H61N3. The van der Waals surface area contributed by atoms with Crippen LogP contribution >= 0.6 is 0 Å². The van der Waals surface area contributed by atoms with E-state index in [2.05, 4.69) is 304 Å². The van der Waals surface area contributed by atoms with Crippen molar-refractivity contribution in [3.8, 4) is 72.4 Å². The van der Waals surface area contributed by atoms with Gasteiger partial charge in [-0.3, -0.25) is 0 Å². The normalized spacial score (nSPS) is 12.2. The lowest BCUT2D eigenvalue weighted by Crippen LogP contribution is -1.95. The number of hydrogen-bond donors (Lipinski definition) is 0. The van der Waals surface area contributed by atoms with Gasteiger partial charge in [0.1, 0.15) is 0 Å². The molecule has 0 saturated carbocycles. The third-order valence-electron chi connectivity index (χ3n) is 20.1. The van der Waals surface area contributed by atoms with Gasteiger partial charge in [-0.05, 0) is 220 Å². The fourth-order valence-electron chi connectivity index (χ4n) is 15.8. The monoisotopic (exact) mass is 1120 g/mol. The van der Waals surface area contributed by atoms with Crippen LogP contribution in [-0.2, 0) is 6.42 Å². The van der Waals surface area contributed by atoms with Crippen LogP contribution in [0.4, 0.5) is 0 Å². The number of hydrogen-bond acceptors (Lipinski definition) is 0. The lowest BCUT2D eigenvalue weighted by Gasteiger charge is -2.17. The predicted molar refractivity (Wildman–Crippen MR) is 376 cm³/mol. The largest absolute Gasteiger partial charge is 0.309 e. The summed E-state index contributed by atoms with van der Waals surface area (Å²) in [7, 11) is 0. The van der Waals surface area contributed by atoms with Crippen molar-refractivity contribution >= 4 is 98.0 Å². The molecule has 5 heterocycles. The molecule has 0 radical (unpaired) electrons. The van der Waals surface area contributed by atoms with Gasteiger partial charge >= 0.3 is 0 Å². The maximum atomic E-state index is 2.55. The Kier molecular flexibility index (Phi) is 10.8. The molecule has 88 heavy (non-hydrogen) atoms. The molecule has 18 rings (SSSR count). The fraction of sp³-hybridized carbons (Fsp3) is 0.0824. The quantitative estimate of drug-likeness (QED) is 0.144. The second kappa shape index (κ2) is 18.9. The van der Waals surface area contributed by atoms with Gasteiger partial charge in [0.15, 0.2) is 0 Å². The topological polar surface area (TPSA) is 13.8 Å². The number of aromatic nitrogens is 3. The molecule has 0 bridgehead atoms. The lowest BCUT2D eigenvalue weighted by molar-refractivity contribution is 1.14. The van der Waals surface area contributed by atoms with Crippen molar-refractivity contribution in [2.24, 2.45) is 0 Å². The highest BCUT2D eigenvalue weighted by molar-refractivity contribution is 6.29. The van der Waals surface area contributed by atoms with Gasteiger partial charge < -0.3 is 13.4 Å². The summed E-state index contributed by atoms with van der Waals surface area (Å²) in [5, 5.41) is 12.7. The molecule has 0 aliphatic rings. The zero-order valence-corrected chi connectivity index (χ0v) is 50.2. The second-order valence-corrected chi connectivity index (χ2v) is 24.8. The zero-order chi connectivity index (χ0) is 58.8. The van der Waals surface area contributed by atoms with Crippen LogP contribution in [0.25, 0.3) is 170 Å². The average Bonchev–Trinajstić information content (AvgIpc) is 1.57. The Balaban J connectivity index is 0.823. The van der Waals surface area contributed by atoms with Crippen molar-refractivity contribution in [2.75, 3.05) is 0 Å². The van der Waals surface area contributed by atoms with E-state index in [1.54, 1.807) is 0 Å². The van der Waals surface area contributed by atoms with Gasteiger partial charge in [-0.2, -0.15) is 0 Å². The van der Waals surface area contributed by atoms with Crippen molar-refractivity contribution in [3.63, 3.8) is 0 Å². The number of aryl methyl sites for hydroxylation is 4. The summed E-state index contributed by atoms with van der Waals surface area (Å²) in [6.45, 7) is 13.6. The molecular weight excluding hydrogens is 1060 g/mol. The number of fused-ring (bicyclic) bond motifs is 15. The van der Waals surface area contributed by atoms with Crippen molar-refractivity contribution in [2.45, 2.75) is 48.0 Å². The number of rotatable bonds is 8. The van der Waals surface area contributed by atoms with Crippen molar-refractivity contribution < 1.29 is 0 Å². The van der Waals surface area contributed by atoms with Gasteiger partial charge in [-0.15, -0.1) is 0 Å². The maximum Gasteiger partial charge on any atom is 0.0620 e. The molecule has 3 heteroatoms. The van der Waals surface area contributed by atoms with E-state index in [9.17, 15) is 0 Å². The summed E-state index contributed by atoms with van der Waals surface area (Å²) < 4.78 is 7.61. The molecule has 0 amide bonds. The molecule has 0 atom stereocenters. The van der Waals surface area contributed by atoms with E-state index in [4.69, 9.17) is 0 Å². The summed E-state index contributed by atoms with van der Waals surface area (Å²) in [6, 6.07) is 94.3. The minimum absolute atomic E-state index is 0.938. The van der Waals surface area contributed by atoms with Crippen LogP contribution in [0, 0.1) is 34.6 Å². The summed E-state index contributed by atoms with van der Waals surface area (Å²) >= 11 is 0. The van der Waals surface area contributed by atoms with Crippen LogP contribution in [0.15, 0.2) is 249 Å². The van der Waals surface area contributed by atoms with Gasteiger partial charge in [0, 0.05) is 59.5 Å². The van der Waals surface area contributed by atoms with Gasteiger partial charge in [0.2, 0.25) is 0 Å². The zero-order valence-electron chi connectivity index (χ0n) is 50.2. The van der Waals surface area contributed by atoms with E-state index in [1.807, 2.05) is 0 Å². The smallest absolute Gasteiger partial charge is 0.0620 e. The Labute approximate surface area is 510 Å². The third-order valence-corrected chi connectivity index (χ3v) is 20.1. The molecule has 0 saturated heterocycles. The summed E-state index contributed by atoms with van der Waals surface area (Å²) in [5.74, 6) is 0. The molecule has 0 aliphatic heterocycles. The lowest BCUT2D eigenvalue weighted by atomic mass is 9.87. The molecule has 5 aromatic heterocycles. The van der Waals surface area contributed by atoms with Crippen molar-refractivity contribution in [3.05, 3.63) is 282 Å². The van der Waals surface area contributed by atoms with Crippen LogP contribution in [0.3, 0.4) is 0 Å². The molecule has 18 aromatic rings. The number of nitrogens with zero attached hydrogens (tertiary/aromatic N) is 3. The first kappa shape index (κ1) is 50.6. The van der Waals surface area contributed by atoms with E-state index in [0.717, 1.165) is 12.1 Å². The molecule has 3 nitrogen and oxygen atoms in total. The first-order valence-corrected chi connectivity index (χ1v) is 31.1. The van der Waals surface area contributed by atoms with Crippen LogP contribution in [0.2, 0.25) is 0 Å². The minimum atomic E-state index is 0.938. The molecule has 0 unspecified atom stereocenters. The van der Waals surface area contributed by atoms with Crippen molar-refractivity contribution in [1.29, 1.82) is 0 Å². The highest BCUT2D eigenvalue weighted by atomic mass is 15.0. The van der Waals surface area contributed by atoms with Gasteiger partial charge in [-0.1, -0.05) is 177 Å². The fourth-order valence-corrected chi connectivity index (χ4v) is 15.8. The molecule has 416 valence electrons. The Morgan fingerprint density at radius 3 is 1.27 bits per heavy atom. The van der Waals surface area contributed by atoms with Crippen LogP contribution in [0.5, 0.6) is 0 Å². The van der Waals surface area contributed by atoms with Crippen LogP contribution in [-0.4, -0.2) is 13.4 Å². The van der Waals surface area contributed by atoms with Gasteiger partial charge in [-0.25, -0.2) is 0 Å². The standard InChI is InChI=1S/C85H61N3/c1-7-54-40-55(35-37-66(54)64-31-19-29-62(52(64)5)60-25-13-11-21-49(60)2)56-36-38-69-76-43-57(41-74-67-27-15-17-33-78(67)87(84(74)76)80(69)45-56)58-42-75-68-28-16-18-34-79(68)88-83-47-72-71-39-51(4)70(65-32-20-30-63(53(65)6)61-26-14-12-22-50(61)3)46-81(71)86(59-23-9-8-10-24-59)82(72)48-73(83)77(44-58)85(75)88/h8-48H,7H2,1-6H3. The summed E-state index contributed by atoms with van der Waals surface area (Å²) in [6.07, 6.45) is 0.938. The Morgan fingerprint density at radius 2 is 0.682 bits per heavy atom. The minimum Gasteiger partial charge on any atom is -0.309 e. The molecule has 13 aromatic carbocycles.